The van der Waals surface area contributed by atoms with Crippen molar-refractivity contribution in [3.63, 3.8) is 0 Å². The lowest BCUT2D eigenvalue weighted by atomic mass is 10.1. The van der Waals surface area contributed by atoms with Gasteiger partial charge in [0.05, 0.1) is 10.0 Å². The van der Waals surface area contributed by atoms with Gasteiger partial charge in [0.1, 0.15) is 0 Å². The SMILES string of the molecule is CC(CO)CNC(=O)CCc1cccc(Cl)c1Cl. The molecule has 0 saturated heterocycles. The highest BCUT2D eigenvalue weighted by atomic mass is 35.5. The molecule has 3 nitrogen and oxygen atoms in total. The molecule has 1 aromatic rings. The largest absolute Gasteiger partial charge is 0.396 e. The third kappa shape index (κ3) is 4.84. The van der Waals surface area contributed by atoms with Crippen molar-refractivity contribution in [2.45, 2.75) is 19.8 Å². The van der Waals surface area contributed by atoms with Crippen LogP contribution in [0.3, 0.4) is 0 Å². The monoisotopic (exact) mass is 289 g/mol. The van der Waals surface area contributed by atoms with Gasteiger partial charge in [-0.3, -0.25) is 4.79 Å². The molecular formula is C13H17Cl2NO2. The Morgan fingerprint density at radius 3 is 2.83 bits per heavy atom. The summed E-state index contributed by atoms with van der Waals surface area (Å²) in [5, 5.41) is 12.6. The summed E-state index contributed by atoms with van der Waals surface area (Å²) in [6, 6.07) is 5.39. The number of aliphatic hydroxyl groups is 1. The van der Waals surface area contributed by atoms with Crippen LogP contribution in [0.5, 0.6) is 0 Å². The van der Waals surface area contributed by atoms with E-state index in [-0.39, 0.29) is 18.4 Å². The second-order valence-electron chi connectivity index (χ2n) is 4.30. The standard InChI is InChI=1S/C13H17Cl2NO2/c1-9(8-17)7-16-12(18)6-5-10-3-2-4-11(14)13(10)15/h2-4,9,17H,5-8H2,1H3,(H,16,18). The van der Waals surface area contributed by atoms with Crippen molar-refractivity contribution in [1.82, 2.24) is 5.32 Å². The first-order valence-electron chi connectivity index (χ1n) is 5.85. The first-order chi connectivity index (χ1) is 8.54. The predicted molar refractivity (Wildman–Crippen MR) is 74.0 cm³/mol. The molecule has 0 fully saturated rings. The van der Waals surface area contributed by atoms with Crippen LogP contribution in [-0.2, 0) is 11.2 Å². The molecule has 2 N–H and O–H groups in total. The van der Waals surface area contributed by atoms with E-state index in [4.69, 9.17) is 28.3 Å². The third-order valence-electron chi connectivity index (χ3n) is 2.61. The zero-order valence-corrected chi connectivity index (χ0v) is 11.8. The summed E-state index contributed by atoms with van der Waals surface area (Å²) in [7, 11) is 0. The van der Waals surface area contributed by atoms with E-state index in [1.807, 2.05) is 19.1 Å². The third-order valence-corrected chi connectivity index (χ3v) is 3.47. The summed E-state index contributed by atoms with van der Waals surface area (Å²) < 4.78 is 0. The first-order valence-corrected chi connectivity index (χ1v) is 6.60. The fourth-order valence-corrected chi connectivity index (χ4v) is 1.85. The molecule has 0 aliphatic rings. The van der Waals surface area contributed by atoms with Gasteiger partial charge in [-0.25, -0.2) is 0 Å². The molecule has 0 heterocycles. The second kappa shape index (κ2) is 7.62. The highest BCUT2D eigenvalue weighted by Gasteiger charge is 2.08. The van der Waals surface area contributed by atoms with Crippen molar-refractivity contribution in [1.29, 1.82) is 0 Å². The van der Waals surface area contributed by atoms with Crippen molar-refractivity contribution in [3.8, 4) is 0 Å². The molecule has 1 rings (SSSR count). The summed E-state index contributed by atoms with van der Waals surface area (Å²) in [5.74, 6) is 0.0232. The number of hydrogen-bond acceptors (Lipinski definition) is 2. The molecule has 0 bridgehead atoms. The van der Waals surface area contributed by atoms with Crippen LogP contribution in [0.2, 0.25) is 10.0 Å². The Morgan fingerprint density at radius 1 is 1.44 bits per heavy atom. The fourth-order valence-electron chi connectivity index (χ4n) is 1.43. The van der Waals surface area contributed by atoms with Crippen LogP contribution in [0.4, 0.5) is 0 Å². The van der Waals surface area contributed by atoms with E-state index >= 15 is 0 Å². The highest BCUT2D eigenvalue weighted by molar-refractivity contribution is 6.42. The number of amides is 1. The Labute approximate surface area is 117 Å². The van der Waals surface area contributed by atoms with Gasteiger partial charge in [0.15, 0.2) is 0 Å². The van der Waals surface area contributed by atoms with E-state index < -0.39 is 0 Å². The fraction of sp³-hybridized carbons (Fsp3) is 0.462. The molecule has 5 heteroatoms. The van der Waals surface area contributed by atoms with Crippen molar-refractivity contribution in [3.05, 3.63) is 33.8 Å². The number of benzene rings is 1. The number of carbonyl (C=O) groups excluding carboxylic acids is 1. The van der Waals surface area contributed by atoms with Crippen LogP contribution < -0.4 is 5.32 Å². The lowest BCUT2D eigenvalue weighted by molar-refractivity contribution is -0.121. The first kappa shape index (κ1) is 15.3. The summed E-state index contributed by atoms with van der Waals surface area (Å²) in [6.45, 7) is 2.42. The number of aryl methyl sites for hydroxylation is 1. The molecule has 0 saturated carbocycles. The number of rotatable bonds is 6. The molecule has 1 unspecified atom stereocenters. The van der Waals surface area contributed by atoms with E-state index in [1.54, 1.807) is 6.07 Å². The van der Waals surface area contributed by atoms with Crippen LogP contribution in [0.1, 0.15) is 18.9 Å². The minimum Gasteiger partial charge on any atom is -0.396 e. The van der Waals surface area contributed by atoms with Gasteiger partial charge in [-0.1, -0.05) is 42.3 Å². The van der Waals surface area contributed by atoms with Crippen LogP contribution in [0, 0.1) is 5.92 Å². The Balaban J connectivity index is 2.41. The van der Waals surface area contributed by atoms with E-state index in [9.17, 15) is 4.79 Å². The summed E-state index contributed by atoms with van der Waals surface area (Å²) in [5.41, 5.74) is 0.870. The number of nitrogens with one attached hydrogen (secondary N) is 1. The van der Waals surface area contributed by atoms with Gasteiger partial charge in [-0.15, -0.1) is 0 Å². The minimum atomic E-state index is -0.0497. The quantitative estimate of drug-likeness (QED) is 0.846. The van der Waals surface area contributed by atoms with Crippen LogP contribution in [0.15, 0.2) is 18.2 Å². The number of carbonyl (C=O) groups is 1. The topological polar surface area (TPSA) is 49.3 Å². The average Bonchev–Trinajstić information content (AvgIpc) is 2.37. The van der Waals surface area contributed by atoms with Crippen molar-refractivity contribution in [2.24, 2.45) is 5.92 Å². The molecule has 1 amide bonds. The van der Waals surface area contributed by atoms with Crippen molar-refractivity contribution >= 4 is 29.1 Å². The van der Waals surface area contributed by atoms with Crippen molar-refractivity contribution < 1.29 is 9.90 Å². The Morgan fingerprint density at radius 2 is 2.17 bits per heavy atom. The molecule has 18 heavy (non-hydrogen) atoms. The molecule has 0 aromatic heterocycles. The average molecular weight is 290 g/mol. The van der Waals surface area contributed by atoms with Gasteiger partial charge in [0.25, 0.3) is 0 Å². The molecule has 0 aliphatic heterocycles. The molecule has 100 valence electrons. The molecule has 0 radical (unpaired) electrons. The minimum absolute atomic E-state index is 0.0497. The molecule has 0 spiro atoms. The zero-order valence-electron chi connectivity index (χ0n) is 10.2. The lowest BCUT2D eigenvalue weighted by Gasteiger charge is -2.10. The summed E-state index contributed by atoms with van der Waals surface area (Å²) >= 11 is 11.9. The predicted octanol–water partition coefficient (Wildman–Crippen LogP) is 2.67. The Kier molecular flexibility index (Phi) is 6.47. The van der Waals surface area contributed by atoms with E-state index in [1.165, 1.54) is 0 Å². The molecule has 1 aromatic carbocycles. The van der Waals surface area contributed by atoms with Gasteiger partial charge >= 0.3 is 0 Å². The molecule has 1 atom stereocenters. The maximum absolute atomic E-state index is 11.6. The highest BCUT2D eigenvalue weighted by Crippen LogP contribution is 2.26. The normalized spacial score (nSPS) is 12.2. The number of aliphatic hydroxyl groups excluding tert-OH is 1. The zero-order chi connectivity index (χ0) is 13.5. The van der Waals surface area contributed by atoms with Gasteiger partial charge in [0, 0.05) is 19.6 Å². The van der Waals surface area contributed by atoms with E-state index in [0.29, 0.717) is 29.4 Å². The van der Waals surface area contributed by atoms with Gasteiger partial charge < -0.3 is 10.4 Å². The van der Waals surface area contributed by atoms with E-state index in [0.717, 1.165) is 5.56 Å². The summed E-state index contributed by atoms with van der Waals surface area (Å²) in [4.78, 5) is 11.6. The van der Waals surface area contributed by atoms with E-state index in [2.05, 4.69) is 5.32 Å². The summed E-state index contributed by atoms with van der Waals surface area (Å²) in [6.07, 6.45) is 0.914. The van der Waals surface area contributed by atoms with Crippen molar-refractivity contribution in [2.75, 3.05) is 13.2 Å². The molecule has 0 aliphatic carbocycles. The van der Waals surface area contributed by atoms with Gasteiger partial charge in [-0.2, -0.15) is 0 Å². The van der Waals surface area contributed by atoms with Gasteiger partial charge in [0.2, 0.25) is 5.91 Å². The maximum atomic E-state index is 11.6. The smallest absolute Gasteiger partial charge is 0.220 e. The van der Waals surface area contributed by atoms with Crippen LogP contribution >= 0.6 is 23.2 Å². The van der Waals surface area contributed by atoms with Gasteiger partial charge in [-0.05, 0) is 24.0 Å². The number of halogens is 2. The second-order valence-corrected chi connectivity index (χ2v) is 5.09. The molecular weight excluding hydrogens is 273 g/mol. The Bertz CT molecular complexity index is 410. The van der Waals surface area contributed by atoms with Crippen LogP contribution in [0.25, 0.3) is 0 Å². The Hall–Kier alpha value is -0.770. The van der Waals surface area contributed by atoms with Crippen LogP contribution in [-0.4, -0.2) is 24.2 Å². The number of hydrogen-bond donors (Lipinski definition) is 2. The lowest BCUT2D eigenvalue weighted by Crippen LogP contribution is -2.29. The maximum Gasteiger partial charge on any atom is 0.220 e.